The van der Waals surface area contributed by atoms with Crippen molar-refractivity contribution in [1.82, 2.24) is 9.88 Å². The number of carboxylic acid groups (broad SMARTS) is 1. The summed E-state index contributed by atoms with van der Waals surface area (Å²) in [6, 6.07) is 23.9. The molecule has 1 saturated heterocycles. The number of carboxylic acids is 1. The van der Waals surface area contributed by atoms with Crippen molar-refractivity contribution in [3.8, 4) is 6.07 Å². The summed E-state index contributed by atoms with van der Waals surface area (Å²) >= 11 is 1.20. The third-order valence-corrected chi connectivity index (χ3v) is 6.47. The molecule has 0 atom stereocenters. The number of nitrogens with zero attached hydrogens (tertiary/aromatic N) is 3. The van der Waals surface area contributed by atoms with E-state index in [1.54, 1.807) is 18.2 Å². The molecule has 1 amide bonds. The summed E-state index contributed by atoms with van der Waals surface area (Å²) in [5, 5.41) is 22.7. The lowest BCUT2D eigenvalue weighted by Crippen LogP contribution is -2.19. The first kappa shape index (κ1) is 22.2. The minimum absolute atomic E-state index is 0.128. The zero-order valence-corrected chi connectivity index (χ0v) is 19.1. The second kappa shape index (κ2) is 9.33. The van der Waals surface area contributed by atoms with Gasteiger partial charge in [-0.2, -0.15) is 5.26 Å². The molecule has 1 aliphatic heterocycles. The summed E-state index contributed by atoms with van der Waals surface area (Å²) in [5.74, 6) is -1.31. The Morgan fingerprint density at radius 2 is 1.91 bits per heavy atom. The van der Waals surface area contributed by atoms with Crippen LogP contribution in [-0.2, 0) is 11.3 Å². The Balaban J connectivity index is 1.47. The first-order valence-corrected chi connectivity index (χ1v) is 11.5. The molecule has 170 valence electrons. The molecule has 0 aliphatic carbocycles. The molecule has 8 heteroatoms. The van der Waals surface area contributed by atoms with Gasteiger partial charge in [0, 0.05) is 29.2 Å². The van der Waals surface area contributed by atoms with Gasteiger partial charge in [0.1, 0.15) is 0 Å². The minimum Gasteiger partial charge on any atom is -0.478 e. The Morgan fingerprint density at radius 3 is 2.74 bits per heavy atom. The molecule has 5 rings (SSSR count). The highest BCUT2D eigenvalue weighted by molar-refractivity contribution is 8.18. The summed E-state index contributed by atoms with van der Waals surface area (Å²) < 4.78 is 2.07. The van der Waals surface area contributed by atoms with Gasteiger partial charge in [0.15, 0.2) is 5.17 Å². The van der Waals surface area contributed by atoms with E-state index in [0.29, 0.717) is 27.9 Å². The van der Waals surface area contributed by atoms with Crippen LogP contribution in [0.25, 0.3) is 17.0 Å². The van der Waals surface area contributed by atoms with Crippen molar-refractivity contribution in [2.45, 2.75) is 6.54 Å². The number of aromatic carboxylic acids is 1. The van der Waals surface area contributed by atoms with Crippen LogP contribution in [0.4, 0.5) is 5.69 Å². The molecule has 0 radical (unpaired) electrons. The number of nitrogens with one attached hydrogen (secondary N) is 1. The van der Waals surface area contributed by atoms with Crippen LogP contribution in [0.2, 0.25) is 0 Å². The number of thioether (sulfide) groups is 1. The van der Waals surface area contributed by atoms with E-state index in [9.17, 15) is 20.0 Å². The molecular weight excluding hydrogens is 460 g/mol. The lowest BCUT2D eigenvalue weighted by Gasteiger charge is -2.07. The van der Waals surface area contributed by atoms with Crippen LogP contribution in [0.5, 0.6) is 0 Å². The number of fused-ring (bicyclic) bond motifs is 1. The first-order chi connectivity index (χ1) is 17.0. The maximum absolute atomic E-state index is 12.7. The van der Waals surface area contributed by atoms with Gasteiger partial charge in [0.25, 0.3) is 5.91 Å². The highest BCUT2D eigenvalue weighted by Gasteiger charge is 2.24. The van der Waals surface area contributed by atoms with Gasteiger partial charge in [-0.3, -0.25) is 4.79 Å². The third kappa shape index (κ3) is 4.58. The average Bonchev–Trinajstić information content (AvgIpc) is 3.39. The van der Waals surface area contributed by atoms with Crippen molar-refractivity contribution < 1.29 is 14.7 Å². The van der Waals surface area contributed by atoms with Crippen LogP contribution in [0.1, 0.15) is 27.0 Å². The topological polar surface area (TPSA) is 107 Å². The molecule has 4 aromatic rings. The van der Waals surface area contributed by atoms with Crippen LogP contribution >= 0.6 is 11.8 Å². The largest absolute Gasteiger partial charge is 0.478 e. The smallest absolute Gasteiger partial charge is 0.335 e. The van der Waals surface area contributed by atoms with E-state index in [-0.39, 0.29) is 11.5 Å². The molecule has 35 heavy (non-hydrogen) atoms. The zero-order valence-electron chi connectivity index (χ0n) is 18.3. The van der Waals surface area contributed by atoms with Gasteiger partial charge in [0.05, 0.1) is 27.8 Å². The Hall–Kier alpha value is -4.61. The van der Waals surface area contributed by atoms with Crippen molar-refractivity contribution >= 4 is 51.5 Å². The van der Waals surface area contributed by atoms with Crippen LogP contribution in [-0.4, -0.2) is 26.7 Å². The molecule has 0 bridgehead atoms. The minimum atomic E-state index is -1.04. The Bertz CT molecular complexity index is 1590. The second-order valence-corrected chi connectivity index (χ2v) is 8.87. The van der Waals surface area contributed by atoms with Crippen LogP contribution in [0.3, 0.4) is 0 Å². The molecule has 1 aliphatic rings. The Kier molecular flexibility index (Phi) is 5.92. The number of carbonyl (C=O) groups excluding carboxylic acids is 1. The summed E-state index contributed by atoms with van der Waals surface area (Å²) in [7, 11) is 0. The average molecular weight is 479 g/mol. The van der Waals surface area contributed by atoms with Crippen molar-refractivity contribution in [2.75, 3.05) is 0 Å². The predicted octanol–water partition coefficient (Wildman–Crippen LogP) is 5.15. The van der Waals surface area contributed by atoms with Gasteiger partial charge < -0.3 is 15.0 Å². The number of benzene rings is 3. The maximum atomic E-state index is 12.7. The molecule has 0 unspecified atom stereocenters. The number of amidine groups is 1. The summed E-state index contributed by atoms with van der Waals surface area (Å²) in [6.07, 6.45) is 3.80. The molecule has 2 heterocycles. The predicted molar refractivity (Wildman–Crippen MR) is 136 cm³/mol. The van der Waals surface area contributed by atoms with E-state index >= 15 is 0 Å². The number of carbonyl (C=O) groups is 2. The third-order valence-electron chi connectivity index (χ3n) is 5.56. The van der Waals surface area contributed by atoms with Crippen molar-refractivity contribution in [1.29, 1.82) is 5.26 Å². The second-order valence-electron chi connectivity index (χ2n) is 7.84. The molecule has 0 spiro atoms. The zero-order chi connectivity index (χ0) is 24.4. The maximum Gasteiger partial charge on any atom is 0.335 e. The normalized spacial score (nSPS) is 15.5. The van der Waals surface area contributed by atoms with E-state index in [1.165, 1.54) is 23.9 Å². The van der Waals surface area contributed by atoms with Crippen LogP contribution in [0, 0.1) is 11.3 Å². The van der Waals surface area contributed by atoms with E-state index in [1.807, 2.05) is 54.7 Å². The van der Waals surface area contributed by atoms with E-state index in [4.69, 9.17) is 0 Å². The monoisotopic (exact) mass is 478 g/mol. The quantitative estimate of drug-likeness (QED) is 0.386. The van der Waals surface area contributed by atoms with Gasteiger partial charge in [-0.1, -0.05) is 42.5 Å². The highest BCUT2D eigenvalue weighted by Crippen LogP contribution is 2.31. The summed E-state index contributed by atoms with van der Waals surface area (Å²) in [6.45, 7) is 0.527. The first-order valence-electron chi connectivity index (χ1n) is 10.7. The van der Waals surface area contributed by atoms with Gasteiger partial charge in [0.2, 0.25) is 0 Å². The number of hydrogen-bond acceptors (Lipinski definition) is 5. The Morgan fingerprint density at radius 1 is 1.11 bits per heavy atom. The molecular formula is C27H18N4O3S. The van der Waals surface area contributed by atoms with E-state index in [2.05, 4.69) is 20.9 Å². The number of aromatic nitrogens is 1. The van der Waals surface area contributed by atoms with Gasteiger partial charge in [-0.15, -0.1) is 0 Å². The highest BCUT2D eigenvalue weighted by atomic mass is 32.2. The summed E-state index contributed by atoms with van der Waals surface area (Å²) in [4.78, 5) is 28.7. The number of rotatable bonds is 5. The van der Waals surface area contributed by atoms with Gasteiger partial charge >= 0.3 is 5.97 Å². The molecule has 0 saturated carbocycles. The van der Waals surface area contributed by atoms with Crippen molar-refractivity contribution in [3.63, 3.8) is 0 Å². The number of para-hydroxylation sites is 1. The van der Waals surface area contributed by atoms with Gasteiger partial charge in [-0.05, 0) is 53.7 Å². The molecule has 2 N–H and O–H groups in total. The SMILES string of the molecule is N#Cc1ccccc1Cn1cc(/C=C2\SC(=Nc3cccc(C(=O)O)c3)NC2=O)c2ccccc21. The molecule has 1 fully saturated rings. The lowest BCUT2D eigenvalue weighted by molar-refractivity contribution is -0.115. The molecule has 3 aromatic carbocycles. The van der Waals surface area contributed by atoms with Crippen molar-refractivity contribution in [2.24, 2.45) is 4.99 Å². The fourth-order valence-corrected chi connectivity index (χ4v) is 4.75. The lowest BCUT2D eigenvalue weighted by atomic mass is 10.1. The Labute approximate surface area is 205 Å². The van der Waals surface area contributed by atoms with Crippen molar-refractivity contribution in [3.05, 3.63) is 106 Å². The number of aliphatic imine (C=N–C) groups is 1. The fraction of sp³-hybridized carbons (Fsp3) is 0.0370. The number of nitriles is 1. The number of amides is 1. The van der Waals surface area contributed by atoms with Gasteiger partial charge in [-0.25, -0.2) is 9.79 Å². The van der Waals surface area contributed by atoms with Crippen LogP contribution in [0.15, 0.2) is 88.9 Å². The molecule has 1 aromatic heterocycles. The van der Waals surface area contributed by atoms with E-state index < -0.39 is 5.97 Å². The molecule has 7 nitrogen and oxygen atoms in total. The van der Waals surface area contributed by atoms with Crippen LogP contribution < -0.4 is 5.32 Å². The summed E-state index contributed by atoms with van der Waals surface area (Å²) in [5.41, 5.74) is 3.99. The standard InChI is InChI=1S/C27H18N4O3S/c28-14-18-6-1-2-7-19(18)15-31-16-20(22-10-3-4-11-23(22)31)13-24-25(32)30-27(35-24)29-21-9-5-8-17(12-21)26(33)34/h1-13,16H,15H2,(H,33,34)(H,29,30,32)/b24-13-. The van der Waals surface area contributed by atoms with E-state index in [0.717, 1.165) is 22.0 Å². The number of hydrogen-bond donors (Lipinski definition) is 2. The fourth-order valence-electron chi connectivity index (χ4n) is 3.92.